The number of halogens is 1. The lowest BCUT2D eigenvalue weighted by molar-refractivity contribution is -0.135. The van der Waals surface area contributed by atoms with Gasteiger partial charge in [-0.15, -0.1) is 0 Å². The Morgan fingerprint density at radius 1 is 0.975 bits per heavy atom. The molecule has 0 aliphatic heterocycles. The molecule has 0 unspecified atom stereocenters. The summed E-state index contributed by atoms with van der Waals surface area (Å²) in [4.78, 5) is 31.1. The molecule has 7 nitrogen and oxygen atoms in total. The minimum absolute atomic E-state index is 0.00372. The second-order valence-corrected chi connectivity index (χ2v) is 10.4. The first-order chi connectivity index (χ1) is 19.5. The van der Waals surface area contributed by atoms with Gasteiger partial charge in [0.05, 0.1) is 13.7 Å². The Morgan fingerprint density at radius 2 is 1.70 bits per heavy atom. The fraction of sp³-hybridized carbons (Fsp3) is 0.438. The van der Waals surface area contributed by atoms with E-state index in [0.29, 0.717) is 44.0 Å². The molecule has 0 N–H and O–H groups in total. The van der Waals surface area contributed by atoms with Gasteiger partial charge in [0.2, 0.25) is 5.91 Å². The van der Waals surface area contributed by atoms with Crippen molar-refractivity contribution in [2.75, 3.05) is 33.9 Å². The molecule has 3 aromatic rings. The molecule has 8 heteroatoms. The average Bonchev–Trinajstić information content (AvgIpc) is 3.43. The van der Waals surface area contributed by atoms with Crippen LogP contribution in [0, 0.1) is 5.82 Å². The Labute approximate surface area is 236 Å². The standard InChI is InChI=1S/C32H40FN3O4/c1-39-21-7-20-35(32(38)26-13-17-30(40-2)18-14-26)24-31(37)36(28-8-4-3-5-9-28)23-29-10-6-19-34(29)22-25-11-15-27(33)16-12-25/h6,10-19,28H,3-5,7-9,20-24H2,1-2H3. The summed E-state index contributed by atoms with van der Waals surface area (Å²) in [6, 6.07) is 17.6. The van der Waals surface area contributed by atoms with Crippen LogP contribution in [0.25, 0.3) is 0 Å². The van der Waals surface area contributed by atoms with Crippen LogP contribution >= 0.6 is 0 Å². The van der Waals surface area contributed by atoms with E-state index < -0.39 is 0 Å². The molecule has 1 fully saturated rings. The van der Waals surface area contributed by atoms with E-state index in [9.17, 15) is 14.0 Å². The van der Waals surface area contributed by atoms with Crippen LogP contribution in [-0.4, -0.2) is 66.1 Å². The molecule has 214 valence electrons. The monoisotopic (exact) mass is 549 g/mol. The van der Waals surface area contributed by atoms with E-state index in [1.165, 1.54) is 18.6 Å². The van der Waals surface area contributed by atoms with Crippen LogP contribution in [0.1, 0.15) is 60.1 Å². The topological polar surface area (TPSA) is 64.0 Å². The summed E-state index contributed by atoms with van der Waals surface area (Å²) in [7, 11) is 3.22. The highest BCUT2D eigenvalue weighted by molar-refractivity contribution is 5.96. The lowest BCUT2D eigenvalue weighted by atomic mass is 9.94. The van der Waals surface area contributed by atoms with E-state index in [4.69, 9.17) is 9.47 Å². The van der Waals surface area contributed by atoms with Gasteiger partial charge < -0.3 is 23.8 Å². The van der Waals surface area contributed by atoms with Gasteiger partial charge in [-0.1, -0.05) is 31.4 Å². The van der Waals surface area contributed by atoms with Crippen molar-refractivity contribution in [3.05, 3.63) is 89.5 Å². The number of aromatic nitrogens is 1. The lowest BCUT2D eigenvalue weighted by Crippen LogP contribution is -2.48. The molecule has 2 aromatic carbocycles. The third kappa shape index (κ3) is 7.94. The first-order valence-corrected chi connectivity index (χ1v) is 14.1. The van der Waals surface area contributed by atoms with Gasteiger partial charge in [-0.2, -0.15) is 0 Å². The van der Waals surface area contributed by atoms with Gasteiger partial charge in [-0.05, 0) is 73.4 Å². The highest BCUT2D eigenvalue weighted by Gasteiger charge is 2.29. The van der Waals surface area contributed by atoms with Gasteiger partial charge in [0, 0.05) is 50.3 Å². The number of hydrogen-bond acceptors (Lipinski definition) is 4. The zero-order valence-corrected chi connectivity index (χ0v) is 23.6. The summed E-state index contributed by atoms with van der Waals surface area (Å²) in [5.74, 6) is 0.173. The van der Waals surface area contributed by atoms with Crippen LogP contribution in [-0.2, 0) is 22.6 Å². The summed E-state index contributed by atoms with van der Waals surface area (Å²) in [5.41, 5.74) is 2.52. The Kier molecular flexibility index (Phi) is 10.7. The normalized spacial score (nSPS) is 13.7. The summed E-state index contributed by atoms with van der Waals surface area (Å²) < 4.78 is 26.0. The largest absolute Gasteiger partial charge is 0.497 e. The van der Waals surface area contributed by atoms with Gasteiger partial charge in [0.25, 0.3) is 5.91 Å². The summed E-state index contributed by atoms with van der Waals surface area (Å²) >= 11 is 0. The number of benzene rings is 2. The Hall–Kier alpha value is -3.65. The third-order valence-electron chi connectivity index (χ3n) is 7.58. The molecule has 1 aliphatic rings. The first-order valence-electron chi connectivity index (χ1n) is 14.1. The number of carbonyl (C=O) groups is 2. The minimum Gasteiger partial charge on any atom is -0.497 e. The molecule has 4 rings (SSSR count). The van der Waals surface area contributed by atoms with Crippen LogP contribution in [0.3, 0.4) is 0 Å². The maximum Gasteiger partial charge on any atom is 0.254 e. The van der Waals surface area contributed by atoms with E-state index in [1.54, 1.807) is 55.5 Å². The van der Waals surface area contributed by atoms with Crippen LogP contribution in [0.2, 0.25) is 0 Å². The van der Waals surface area contributed by atoms with E-state index >= 15 is 0 Å². The number of hydrogen-bond donors (Lipinski definition) is 0. The lowest BCUT2D eigenvalue weighted by Gasteiger charge is -2.36. The van der Waals surface area contributed by atoms with Gasteiger partial charge in [0.1, 0.15) is 18.1 Å². The van der Waals surface area contributed by atoms with Gasteiger partial charge in [-0.25, -0.2) is 4.39 Å². The zero-order valence-electron chi connectivity index (χ0n) is 23.6. The van der Waals surface area contributed by atoms with E-state index in [2.05, 4.69) is 4.57 Å². The van der Waals surface area contributed by atoms with Crippen molar-refractivity contribution in [1.29, 1.82) is 0 Å². The smallest absolute Gasteiger partial charge is 0.254 e. The third-order valence-corrected chi connectivity index (χ3v) is 7.58. The van der Waals surface area contributed by atoms with Crippen LogP contribution < -0.4 is 4.74 Å². The average molecular weight is 550 g/mol. The maximum atomic E-state index is 14.0. The van der Waals surface area contributed by atoms with Crippen molar-refractivity contribution >= 4 is 11.8 Å². The molecule has 2 amide bonds. The number of ether oxygens (including phenoxy) is 2. The number of nitrogens with zero attached hydrogens (tertiary/aromatic N) is 3. The van der Waals surface area contributed by atoms with E-state index in [0.717, 1.165) is 36.9 Å². The second-order valence-electron chi connectivity index (χ2n) is 10.4. The number of methoxy groups -OCH3 is 2. The molecule has 0 spiro atoms. The van der Waals surface area contributed by atoms with E-state index in [-0.39, 0.29) is 30.2 Å². The quantitative estimate of drug-likeness (QED) is 0.263. The number of rotatable bonds is 13. The maximum absolute atomic E-state index is 14.0. The van der Waals surface area contributed by atoms with Gasteiger partial charge in [0.15, 0.2) is 0 Å². The van der Waals surface area contributed by atoms with Crippen LogP contribution in [0.5, 0.6) is 5.75 Å². The van der Waals surface area contributed by atoms with Crippen molar-refractivity contribution < 1.29 is 23.5 Å². The molecular formula is C32H40FN3O4. The van der Waals surface area contributed by atoms with Crippen LogP contribution in [0.4, 0.5) is 4.39 Å². The highest BCUT2D eigenvalue weighted by atomic mass is 19.1. The Morgan fingerprint density at radius 3 is 2.38 bits per heavy atom. The van der Waals surface area contributed by atoms with E-state index in [1.807, 2.05) is 23.2 Å². The zero-order chi connectivity index (χ0) is 28.3. The SMILES string of the molecule is COCCCN(CC(=O)N(Cc1cccn1Cc1ccc(F)cc1)C1CCCCC1)C(=O)c1ccc(OC)cc1. The van der Waals surface area contributed by atoms with Gasteiger partial charge >= 0.3 is 0 Å². The molecule has 0 radical (unpaired) electrons. The molecular weight excluding hydrogens is 509 g/mol. The van der Waals surface area contributed by atoms with Gasteiger partial charge in [-0.3, -0.25) is 9.59 Å². The molecule has 1 saturated carbocycles. The second kappa shape index (κ2) is 14.7. The fourth-order valence-electron chi connectivity index (χ4n) is 5.34. The van der Waals surface area contributed by atoms with Crippen molar-refractivity contribution in [1.82, 2.24) is 14.4 Å². The van der Waals surface area contributed by atoms with Crippen molar-refractivity contribution in [3.8, 4) is 5.75 Å². The molecule has 1 aliphatic carbocycles. The van der Waals surface area contributed by atoms with Crippen molar-refractivity contribution in [2.45, 2.75) is 57.7 Å². The fourth-order valence-corrected chi connectivity index (χ4v) is 5.34. The Balaban J connectivity index is 1.53. The summed E-state index contributed by atoms with van der Waals surface area (Å²) in [6.07, 6.45) is 7.91. The minimum atomic E-state index is -0.259. The first kappa shape index (κ1) is 29.3. The molecule has 0 saturated heterocycles. The summed E-state index contributed by atoms with van der Waals surface area (Å²) in [6.45, 7) is 1.98. The van der Waals surface area contributed by atoms with Crippen LogP contribution in [0.15, 0.2) is 66.9 Å². The molecule has 1 heterocycles. The predicted octanol–water partition coefficient (Wildman–Crippen LogP) is 5.52. The Bertz CT molecular complexity index is 1220. The molecule has 40 heavy (non-hydrogen) atoms. The number of carbonyl (C=O) groups excluding carboxylic acids is 2. The molecule has 1 aromatic heterocycles. The highest BCUT2D eigenvalue weighted by Crippen LogP contribution is 2.25. The predicted molar refractivity (Wildman–Crippen MR) is 153 cm³/mol. The molecule has 0 atom stereocenters. The van der Waals surface area contributed by atoms with Crippen molar-refractivity contribution in [3.63, 3.8) is 0 Å². The number of amides is 2. The summed E-state index contributed by atoms with van der Waals surface area (Å²) in [5, 5.41) is 0. The molecule has 0 bridgehead atoms. The van der Waals surface area contributed by atoms with Crippen molar-refractivity contribution in [2.24, 2.45) is 0 Å².